The molecule has 0 aliphatic heterocycles. The zero-order chi connectivity index (χ0) is 21.7. The number of hydrogen-bond donors (Lipinski definition) is 0. The molecule has 0 atom stereocenters. The molecule has 0 saturated carbocycles. The lowest BCUT2D eigenvalue weighted by atomic mass is 10.2. The van der Waals surface area contributed by atoms with Gasteiger partial charge >= 0.3 is 6.36 Å². The highest BCUT2D eigenvalue weighted by atomic mass is 32.1. The monoisotopic (exact) mass is 440 g/mol. The van der Waals surface area contributed by atoms with Crippen LogP contribution in [0.15, 0.2) is 42.2 Å². The Morgan fingerprint density at radius 2 is 2.00 bits per heavy atom. The maximum Gasteiger partial charge on any atom is 0.573 e. The van der Waals surface area contributed by atoms with Crippen LogP contribution in [-0.4, -0.2) is 52.0 Å². The number of carbonyl (C=O) groups excluding carboxylic acids is 1. The van der Waals surface area contributed by atoms with Crippen molar-refractivity contribution in [2.24, 2.45) is 7.05 Å². The Bertz CT molecular complexity index is 986. The van der Waals surface area contributed by atoms with Gasteiger partial charge in [-0.15, -0.1) is 24.5 Å². The third-order valence-corrected chi connectivity index (χ3v) is 4.96. The van der Waals surface area contributed by atoms with E-state index in [4.69, 9.17) is 4.74 Å². The van der Waals surface area contributed by atoms with Crippen LogP contribution in [0, 0.1) is 0 Å². The van der Waals surface area contributed by atoms with Crippen molar-refractivity contribution in [3.63, 3.8) is 0 Å². The molecule has 1 amide bonds. The molecule has 0 N–H and O–H groups in total. The number of nitrogens with zero attached hydrogens (tertiary/aromatic N) is 4. The molecule has 160 valence electrons. The van der Waals surface area contributed by atoms with Gasteiger partial charge in [0.15, 0.2) is 0 Å². The quantitative estimate of drug-likeness (QED) is 0.534. The fourth-order valence-electron chi connectivity index (χ4n) is 2.65. The molecule has 2 heterocycles. The summed E-state index contributed by atoms with van der Waals surface area (Å²) < 4.78 is 47.5. The minimum absolute atomic E-state index is 0.240. The lowest BCUT2D eigenvalue weighted by Gasteiger charge is -2.20. The van der Waals surface area contributed by atoms with Crippen LogP contribution in [0.25, 0.3) is 10.6 Å². The molecule has 2 aromatic heterocycles. The van der Waals surface area contributed by atoms with Gasteiger partial charge in [0, 0.05) is 37.8 Å². The van der Waals surface area contributed by atoms with Crippen molar-refractivity contribution in [2.45, 2.75) is 12.9 Å². The van der Waals surface area contributed by atoms with E-state index in [1.165, 1.54) is 35.6 Å². The van der Waals surface area contributed by atoms with Gasteiger partial charge in [-0.25, -0.2) is 9.97 Å². The topological polar surface area (TPSA) is 69.5 Å². The molecule has 30 heavy (non-hydrogen) atoms. The number of halogens is 3. The van der Waals surface area contributed by atoms with Crippen molar-refractivity contribution < 1.29 is 27.4 Å². The third-order valence-electron chi connectivity index (χ3n) is 4.02. The van der Waals surface area contributed by atoms with Gasteiger partial charge in [0.1, 0.15) is 16.5 Å². The summed E-state index contributed by atoms with van der Waals surface area (Å²) >= 11 is 1.34. The highest BCUT2D eigenvalue weighted by Crippen LogP contribution is 2.28. The molecule has 0 bridgehead atoms. The number of aromatic nitrogens is 3. The predicted molar refractivity (Wildman–Crippen MR) is 104 cm³/mol. The molecular weight excluding hydrogens is 421 g/mol. The zero-order valence-electron chi connectivity index (χ0n) is 16.2. The lowest BCUT2D eigenvalue weighted by molar-refractivity contribution is -0.274. The van der Waals surface area contributed by atoms with E-state index in [0.29, 0.717) is 35.1 Å². The van der Waals surface area contributed by atoms with E-state index in [1.54, 1.807) is 41.5 Å². The summed E-state index contributed by atoms with van der Waals surface area (Å²) in [6.07, 6.45) is -1.55. The molecule has 0 unspecified atom stereocenters. The number of aryl methyl sites for hydroxylation is 1. The van der Waals surface area contributed by atoms with Gasteiger partial charge in [0.25, 0.3) is 5.91 Å². The first kappa shape index (κ1) is 21.8. The number of carbonyl (C=O) groups is 1. The van der Waals surface area contributed by atoms with E-state index < -0.39 is 6.36 Å². The van der Waals surface area contributed by atoms with Gasteiger partial charge in [-0.2, -0.15) is 0 Å². The van der Waals surface area contributed by atoms with Crippen molar-refractivity contribution in [1.29, 1.82) is 0 Å². The standard InChI is InChI=1S/C19H19F3N4O3S/c1-25-10-16(23-12-25)18(27)26(7-8-28-2)9-14-11-30-17(24-14)13-3-5-15(6-4-13)29-19(20,21)22/h3-6,10-12H,7-9H2,1-2H3. The van der Waals surface area contributed by atoms with E-state index in [-0.39, 0.29) is 18.2 Å². The highest BCUT2D eigenvalue weighted by Gasteiger charge is 2.31. The first-order valence-corrected chi connectivity index (χ1v) is 9.70. The van der Waals surface area contributed by atoms with Gasteiger partial charge in [0.2, 0.25) is 0 Å². The SMILES string of the molecule is COCCN(Cc1csc(-c2ccc(OC(F)(F)F)cc2)n1)C(=O)c1cn(C)cn1. The number of rotatable bonds is 8. The number of amides is 1. The fraction of sp³-hybridized carbons (Fsp3) is 0.316. The van der Waals surface area contributed by atoms with Crippen LogP contribution in [-0.2, 0) is 18.3 Å². The predicted octanol–water partition coefficient (Wildman–Crippen LogP) is 3.73. The lowest BCUT2D eigenvalue weighted by Crippen LogP contribution is -2.33. The Hall–Kier alpha value is -2.92. The Morgan fingerprint density at radius 3 is 2.60 bits per heavy atom. The number of benzene rings is 1. The van der Waals surface area contributed by atoms with Crippen LogP contribution in [0.4, 0.5) is 13.2 Å². The molecule has 7 nitrogen and oxygen atoms in total. The van der Waals surface area contributed by atoms with Crippen LogP contribution >= 0.6 is 11.3 Å². The summed E-state index contributed by atoms with van der Waals surface area (Å²) in [7, 11) is 3.33. The maximum absolute atomic E-state index is 12.8. The van der Waals surface area contributed by atoms with E-state index in [9.17, 15) is 18.0 Å². The Kier molecular flexibility index (Phi) is 6.73. The smallest absolute Gasteiger partial charge is 0.406 e. The highest BCUT2D eigenvalue weighted by molar-refractivity contribution is 7.13. The van der Waals surface area contributed by atoms with Crippen molar-refractivity contribution in [3.8, 4) is 16.3 Å². The van der Waals surface area contributed by atoms with Crippen LogP contribution in [0.3, 0.4) is 0 Å². The summed E-state index contributed by atoms with van der Waals surface area (Å²) in [5.74, 6) is -0.536. The van der Waals surface area contributed by atoms with Gasteiger partial charge in [-0.1, -0.05) is 0 Å². The average molecular weight is 440 g/mol. The molecule has 3 rings (SSSR count). The second-order valence-corrected chi connectivity index (χ2v) is 7.22. The molecule has 1 aromatic carbocycles. The number of imidazole rings is 1. The first-order chi connectivity index (χ1) is 14.2. The van der Waals surface area contributed by atoms with E-state index in [1.807, 2.05) is 0 Å². The van der Waals surface area contributed by atoms with Gasteiger partial charge < -0.3 is 18.9 Å². The first-order valence-electron chi connectivity index (χ1n) is 8.82. The van der Waals surface area contributed by atoms with Crippen LogP contribution in [0.2, 0.25) is 0 Å². The molecule has 0 fully saturated rings. The Labute approximate surface area is 174 Å². The molecule has 0 radical (unpaired) electrons. The summed E-state index contributed by atoms with van der Waals surface area (Å²) in [6.45, 7) is 0.975. The van der Waals surface area contributed by atoms with Crippen molar-refractivity contribution in [1.82, 2.24) is 19.4 Å². The van der Waals surface area contributed by atoms with Crippen LogP contribution in [0.5, 0.6) is 5.75 Å². The average Bonchev–Trinajstić information content (AvgIpc) is 3.33. The largest absolute Gasteiger partial charge is 0.573 e. The third kappa shape index (κ3) is 5.80. The second-order valence-electron chi connectivity index (χ2n) is 6.36. The molecule has 0 aliphatic carbocycles. The number of thiazole rings is 1. The minimum atomic E-state index is -4.73. The maximum atomic E-state index is 12.8. The number of methoxy groups -OCH3 is 1. The minimum Gasteiger partial charge on any atom is -0.406 e. The van der Waals surface area contributed by atoms with Gasteiger partial charge in [-0.3, -0.25) is 4.79 Å². The number of hydrogen-bond acceptors (Lipinski definition) is 6. The van der Waals surface area contributed by atoms with Crippen LogP contribution in [0.1, 0.15) is 16.2 Å². The summed E-state index contributed by atoms with van der Waals surface area (Å²) in [4.78, 5) is 23.0. The van der Waals surface area contributed by atoms with Crippen LogP contribution < -0.4 is 4.74 Å². The molecule has 0 spiro atoms. The Balaban J connectivity index is 1.72. The Morgan fingerprint density at radius 1 is 1.27 bits per heavy atom. The normalized spacial score (nSPS) is 11.5. The molecular formula is C19H19F3N4O3S. The second kappa shape index (κ2) is 9.26. The van der Waals surface area contributed by atoms with E-state index in [0.717, 1.165) is 0 Å². The number of alkyl halides is 3. The van der Waals surface area contributed by atoms with Crippen molar-refractivity contribution in [2.75, 3.05) is 20.3 Å². The molecule has 0 aliphatic rings. The van der Waals surface area contributed by atoms with E-state index >= 15 is 0 Å². The van der Waals surface area contributed by atoms with Crippen molar-refractivity contribution >= 4 is 17.2 Å². The van der Waals surface area contributed by atoms with Gasteiger partial charge in [-0.05, 0) is 24.3 Å². The van der Waals surface area contributed by atoms with Crippen molar-refractivity contribution in [3.05, 3.63) is 53.6 Å². The molecule has 3 aromatic rings. The fourth-order valence-corrected chi connectivity index (χ4v) is 3.46. The molecule has 11 heteroatoms. The summed E-state index contributed by atoms with van der Waals surface area (Å²) in [5, 5.41) is 2.43. The summed E-state index contributed by atoms with van der Waals surface area (Å²) in [5.41, 5.74) is 1.63. The van der Waals surface area contributed by atoms with Gasteiger partial charge in [0.05, 0.1) is 25.2 Å². The zero-order valence-corrected chi connectivity index (χ0v) is 17.0. The van der Waals surface area contributed by atoms with E-state index in [2.05, 4.69) is 14.7 Å². The summed E-state index contributed by atoms with van der Waals surface area (Å²) in [6, 6.07) is 5.48. The molecule has 0 saturated heterocycles. The number of ether oxygens (including phenoxy) is 2.